The van der Waals surface area contributed by atoms with Crippen LogP contribution >= 0.6 is 0 Å². The van der Waals surface area contributed by atoms with Crippen molar-refractivity contribution in [2.75, 3.05) is 25.0 Å². The molecular formula is C22H25N3O3. The summed E-state index contributed by atoms with van der Waals surface area (Å²) in [7, 11) is 1.56. The molecule has 2 aromatic carbocycles. The van der Waals surface area contributed by atoms with Gasteiger partial charge in [-0.25, -0.2) is 0 Å². The molecule has 2 aromatic rings. The lowest BCUT2D eigenvalue weighted by molar-refractivity contribution is -0.385. The number of anilines is 1. The Morgan fingerprint density at radius 1 is 1.04 bits per heavy atom. The van der Waals surface area contributed by atoms with E-state index in [0.717, 1.165) is 31.6 Å². The van der Waals surface area contributed by atoms with Crippen molar-refractivity contribution in [2.24, 2.45) is 0 Å². The van der Waals surface area contributed by atoms with Gasteiger partial charge in [-0.15, -0.1) is 0 Å². The minimum absolute atomic E-state index is 0.0125. The lowest BCUT2D eigenvalue weighted by Gasteiger charge is -2.23. The van der Waals surface area contributed by atoms with Crippen molar-refractivity contribution in [3.8, 4) is 0 Å². The fourth-order valence-electron chi connectivity index (χ4n) is 3.68. The maximum absolute atomic E-state index is 12.2. The van der Waals surface area contributed by atoms with E-state index in [9.17, 15) is 14.9 Å². The maximum Gasteiger partial charge on any atom is 0.279 e. The number of nitrogens with one attached hydrogen (secondary N) is 1. The van der Waals surface area contributed by atoms with Crippen LogP contribution in [0, 0.1) is 10.1 Å². The third-order valence-corrected chi connectivity index (χ3v) is 5.20. The summed E-state index contributed by atoms with van der Waals surface area (Å²) in [6, 6.07) is 12.3. The fourth-order valence-corrected chi connectivity index (χ4v) is 3.68. The summed E-state index contributed by atoms with van der Waals surface area (Å²) in [6.45, 7) is 5.90. The van der Waals surface area contributed by atoms with E-state index in [1.54, 1.807) is 43.4 Å². The highest BCUT2D eigenvalue weighted by Gasteiger charge is 2.22. The molecule has 1 heterocycles. The summed E-state index contributed by atoms with van der Waals surface area (Å²) in [5, 5.41) is 14.4. The minimum Gasteiger partial charge on any atom is -0.371 e. The molecular weight excluding hydrogens is 354 g/mol. The molecule has 1 N–H and O–H groups in total. The van der Waals surface area contributed by atoms with Crippen LogP contribution in [0.25, 0.3) is 5.57 Å². The van der Waals surface area contributed by atoms with Crippen LogP contribution in [0.1, 0.15) is 47.2 Å². The predicted octanol–water partition coefficient (Wildman–Crippen LogP) is 4.40. The minimum atomic E-state index is -0.371. The number of carbonyl (C=O) groups is 1. The SMILES string of the molecule is C=C(c1ccccc1C(=O)NC)c1ccc(N2CCCCCC2)cc1[N+](=O)[O-]. The van der Waals surface area contributed by atoms with Crippen LogP contribution in [0.15, 0.2) is 49.0 Å². The number of nitrogens with zero attached hydrogens (tertiary/aromatic N) is 2. The Morgan fingerprint density at radius 2 is 1.68 bits per heavy atom. The van der Waals surface area contributed by atoms with Gasteiger partial charge in [-0.2, -0.15) is 0 Å². The zero-order chi connectivity index (χ0) is 20.1. The molecule has 0 spiro atoms. The van der Waals surface area contributed by atoms with Crippen LogP contribution in [0.3, 0.4) is 0 Å². The Morgan fingerprint density at radius 3 is 2.29 bits per heavy atom. The second-order valence-corrected chi connectivity index (χ2v) is 6.96. The van der Waals surface area contributed by atoms with E-state index in [4.69, 9.17) is 0 Å². The number of benzene rings is 2. The molecule has 1 fully saturated rings. The molecule has 6 nitrogen and oxygen atoms in total. The Hall–Kier alpha value is -3.15. The molecule has 0 aliphatic carbocycles. The van der Waals surface area contributed by atoms with Gasteiger partial charge in [-0.1, -0.05) is 37.6 Å². The molecule has 0 unspecified atom stereocenters. The predicted molar refractivity (Wildman–Crippen MR) is 112 cm³/mol. The average molecular weight is 379 g/mol. The smallest absolute Gasteiger partial charge is 0.279 e. The average Bonchev–Trinajstić information content (AvgIpc) is 3.01. The van der Waals surface area contributed by atoms with Crippen LogP contribution in [-0.2, 0) is 0 Å². The van der Waals surface area contributed by atoms with Gasteiger partial charge in [0, 0.05) is 37.5 Å². The largest absolute Gasteiger partial charge is 0.371 e. The highest BCUT2D eigenvalue weighted by Crippen LogP contribution is 2.35. The first-order valence-electron chi connectivity index (χ1n) is 9.57. The molecule has 1 saturated heterocycles. The summed E-state index contributed by atoms with van der Waals surface area (Å²) in [5.41, 5.74) is 2.81. The zero-order valence-electron chi connectivity index (χ0n) is 16.1. The lowest BCUT2D eigenvalue weighted by Crippen LogP contribution is -2.24. The first-order chi connectivity index (χ1) is 13.5. The van der Waals surface area contributed by atoms with Crippen LogP contribution < -0.4 is 10.2 Å². The second-order valence-electron chi connectivity index (χ2n) is 6.96. The third-order valence-electron chi connectivity index (χ3n) is 5.20. The third kappa shape index (κ3) is 4.06. The van der Waals surface area contributed by atoms with Gasteiger partial charge in [0.1, 0.15) is 0 Å². The lowest BCUT2D eigenvalue weighted by atomic mass is 9.93. The van der Waals surface area contributed by atoms with Crippen molar-refractivity contribution in [3.63, 3.8) is 0 Å². The van der Waals surface area contributed by atoms with Crippen molar-refractivity contribution < 1.29 is 9.72 Å². The van der Waals surface area contributed by atoms with Gasteiger partial charge in [0.2, 0.25) is 0 Å². The highest BCUT2D eigenvalue weighted by atomic mass is 16.6. The van der Waals surface area contributed by atoms with E-state index < -0.39 is 0 Å². The van der Waals surface area contributed by atoms with Gasteiger partial charge >= 0.3 is 0 Å². The number of nitro groups is 1. The number of hydrogen-bond acceptors (Lipinski definition) is 4. The molecule has 3 rings (SSSR count). The standard InChI is InChI=1S/C22H25N3O3/c1-16(18-9-5-6-10-20(18)22(26)23-2)19-12-11-17(15-21(19)25(27)28)24-13-7-3-4-8-14-24/h5-6,9-12,15H,1,3-4,7-8,13-14H2,2H3,(H,23,26). The van der Waals surface area contributed by atoms with E-state index in [1.165, 1.54) is 12.8 Å². The highest BCUT2D eigenvalue weighted by molar-refractivity contribution is 6.01. The maximum atomic E-state index is 12.2. The molecule has 0 atom stereocenters. The van der Waals surface area contributed by atoms with Crippen molar-refractivity contribution in [3.05, 3.63) is 75.8 Å². The van der Waals surface area contributed by atoms with Crippen LogP contribution in [0.4, 0.5) is 11.4 Å². The van der Waals surface area contributed by atoms with Gasteiger partial charge in [0.15, 0.2) is 0 Å². The number of hydrogen-bond donors (Lipinski definition) is 1. The van der Waals surface area contributed by atoms with Crippen molar-refractivity contribution in [1.29, 1.82) is 0 Å². The topological polar surface area (TPSA) is 75.5 Å². The summed E-state index contributed by atoms with van der Waals surface area (Å²) in [5.74, 6) is -0.249. The molecule has 146 valence electrons. The normalized spacial score (nSPS) is 14.2. The van der Waals surface area contributed by atoms with Crippen LogP contribution in [-0.4, -0.2) is 31.0 Å². The molecule has 0 aromatic heterocycles. The molecule has 1 aliphatic rings. The number of nitro benzene ring substituents is 1. The van der Waals surface area contributed by atoms with E-state index >= 15 is 0 Å². The fraction of sp³-hybridized carbons (Fsp3) is 0.318. The number of amides is 1. The first kappa shape index (κ1) is 19.6. The van der Waals surface area contributed by atoms with Crippen molar-refractivity contribution in [1.82, 2.24) is 5.32 Å². The number of carbonyl (C=O) groups excluding carboxylic acids is 1. The molecule has 0 radical (unpaired) electrons. The quantitative estimate of drug-likeness (QED) is 0.617. The van der Waals surface area contributed by atoms with E-state index in [-0.39, 0.29) is 16.5 Å². The Kier molecular flexibility index (Phi) is 6.09. The van der Waals surface area contributed by atoms with E-state index in [0.29, 0.717) is 22.3 Å². The van der Waals surface area contributed by atoms with E-state index in [1.807, 2.05) is 6.07 Å². The van der Waals surface area contributed by atoms with E-state index in [2.05, 4.69) is 16.8 Å². The molecule has 28 heavy (non-hydrogen) atoms. The Balaban J connectivity index is 2.01. The van der Waals surface area contributed by atoms with Gasteiger partial charge < -0.3 is 10.2 Å². The van der Waals surface area contributed by atoms with Gasteiger partial charge in [0.25, 0.3) is 11.6 Å². The Bertz CT molecular complexity index is 900. The summed E-state index contributed by atoms with van der Waals surface area (Å²) in [4.78, 5) is 25.8. The summed E-state index contributed by atoms with van der Waals surface area (Å²) in [6.07, 6.45) is 4.59. The molecule has 1 aliphatic heterocycles. The van der Waals surface area contributed by atoms with Crippen molar-refractivity contribution in [2.45, 2.75) is 25.7 Å². The first-order valence-corrected chi connectivity index (χ1v) is 9.57. The van der Waals surface area contributed by atoms with Gasteiger partial charge in [-0.3, -0.25) is 14.9 Å². The zero-order valence-corrected chi connectivity index (χ0v) is 16.1. The summed E-state index contributed by atoms with van der Waals surface area (Å²) >= 11 is 0. The number of rotatable bonds is 5. The molecule has 0 saturated carbocycles. The second kappa shape index (κ2) is 8.69. The molecule has 1 amide bonds. The monoisotopic (exact) mass is 379 g/mol. The van der Waals surface area contributed by atoms with Crippen molar-refractivity contribution >= 4 is 22.9 Å². The van der Waals surface area contributed by atoms with Gasteiger partial charge in [-0.05, 0) is 42.2 Å². The van der Waals surface area contributed by atoms with Gasteiger partial charge in [0.05, 0.1) is 10.5 Å². The van der Waals surface area contributed by atoms with Crippen LogP contribution in [0.2, 0.25) is 0 Å². The Labute approximate surface area is 165 Å². The molecule has 6 heteroatoms. The van der Waals surface area contributed by atoms with Crippen LogP contribution in [0.5, 0.6) is 0 Å². The summed E-state index contributed by atoms with van der Waals surface area (Å²) < 4.78 is 0. The molecule has 0 bridgehead atoms.